The first-order chi connectivity index (χ1) is 15.6. The van der Waals surface area contributed by atoms with Crippen molar-refractivity contribution in [2.75, 3.05) is 24.5 Å². The van der Waals surface area contributed by atoms with E-state index >= 15 is 0 Å². The summed E-state index contributed by atoms with van der Waals surface area (Å²) >= 11 is 1.33. The van der Waals surface area contributed by atoms with Gasteiger partial charge in [0.05, 0.1) is 0 Å². The molecule has 2 aliphatic rings. The number of fused-ring (bicyclic) bond motifs is 2. The van der Waals surface area contributed by atoms with E-state index in [2.05, 4.69) is 16.0 Å². The van der Waals surface area contributed by atoms with E-state index in [0.717, 1.165) is 43.0 Å². The number of anilines is 1. The minimum Gasteiger partial charge on any atom is -0.348 e. The van der Waals surface area contributed by atoms with E-state index in [1.54, 1.807) is 4.90 Å². The van der Waals surface area contributed by atoms with Crippen molar-refractivity contribution >= 4 is 32.7 Å². The molecule has 0 saturated carbocycles. The number of benzene rings is 1. The highest BCUT2D eigenvalue weighted by Crippen LogP contribution is 2.28. The molecule has 32 heavy (non-hydrogen) atoms. The summed E-state index contributed by atoms with van der Waals surface area (Å²) in [4.78, 5) is 48.2. The Morgan fingerprint density at radius 3 is 2.56 bits per heavy atom. The van der Waals surface area contributed by atoms with Gasteiger partial charge in [-0.1, -0.05) is 42.5 Å². The maximum absolute atomic E-state index is 13.2. The van der Waals surface area contributed by atoms with Crippen molar-refractivity contribution in [3.63, 3.8) is 0 Å². The zero-order valence-electron chi connectivity index (χ0n) is 18.2. The third kappa shape index (κ3) is 3.64. The molecule has 9 heteroatoms. The van der Waals surface area contributed by atoms with Crippen molar-refractivity contribution in [3.05, 3.63) is 56.2 Å². The summed E-state index contributed by atoms with van der Waals surface area (Å²) in [7, 11) is 0. The summed E-state index contributed by atoms with van der Waals surface area (Å²) in [6.07, 6.45) is 3.65. The normalized spacial score (nSPS) is 16.0. The van der Waals surface area contributed by atoms with Gasteiger partial charge in [0.15, 0.2) is 10.8 Å². The molecule has 2 aromatic heterocycles. The smallest absolute Gasteiger partial charge is 0.333 e. The van der Waals surface area contributed by atoms with E-state index in [1.165, 1.54) is 26.0 Å². The van der Waals surface area contributed by atoms with E-state index in [1.807, 2.05) is 25.1 Å². The van der Waals surface area contributed by atoms with Gasteiger partial charge in [-0.25, -0.2) is 9.78 Å². The fourth-order valence-electron chi connectivity index (χ4n) is 4.62. The molecule has 4 heterocycles. The summed E-state index contributed by atoms with van der Waals surface area (Å²) < 4.78 is 3.12. The summed E-state index contributed by atoms with van der Waals surface area (Å²) in [6.45, 7) is 5.12. The Labute approximate surface area is 189 Å². The van der Waals surface area contributed by atoms with E-state index < -0.39 is 5.69 Å². The molecule has 0 unspecified atom stereocenters. The molecule has 0 spiro atoms. The number of rotatable bonds is 5. The lowest BCUT2D eigenvalue weighted by atomic mass is 10.00. The van der Waals surface area contributed by atoms with Crippen molar-refractivity contribution in [1.82, 2.24) is 19.0 Å². The van der Waals surface area contributed by atoms with Crippen molar-refractivity contribution in [2.45, 2.75) is 52.2 Å². The molecule has 1 amide bonds. The van der Waals surface area contributed by atoms with Crippen molar-refractivity contribution in [1.29, 1.82) is 0 Å². The zero-order chi connectivity index (χ0) is 22.2. The van der Waals surface area contributed by atoms with E-state index in [4.69, 9.17) is 0 Å². The lowest BCUT2D eigenvalue weighted by molar-refractivity contribution is -0.132. The largest absolute Gasteiger partial charge is 0.348 e. The van der Waals surface area contributed by atoms with Crippen molar-refractivity contribution < 1.29 is 4.79 Å². The second-order valence-corrected chi connectivity index (χ2v) is 9.48. The zero-order valence-corrected chi connectivity index (χ0v) is 19.1. The average molecular weight is 454 g/mol. The Balaban J connectivity index is 1.52. The summed E-state index contributed by atoms with van der Waals surface area (Å²) in [5.74, 6) is -0.125. The summed E-state index contributed by atoms with van der Waals surface area (Å²) in [5.41, 5.74) is 2.00. The Hall–Kier alpha value is -2.94. The minimum absolute atomic E-state index is 0.106. The minimum atomic E-state index is -0.451. The van der Waals surface area contributed by atoms with Gasteiger partial charge in [-0.2, -0.15) is 0 Å². The van der Waals surface area contributed by atoms with E-state index in [0.29, 0.717) is 36.4 Å². The van der Waals surface area contributed by atoms with Crippen LogP contribution in [0.25, 0.3) is 10.3 Å². The summed E-state index contributed by atoms with van der Waals surface area (Å²) in [6, 6.07) is 8.14. The standard InChI is InChI=1S/C23H27N5O3S/c1-2-10-27-21(30)19-20(24-22(32-19)25-11-5-6-12-25)28(23(27)31)15-18(29)26-13-9-16-7-3-4-8-17(16)14-26/h3-4,7-8H,2,5-6,9-15H2,1H3. The Morgan fingerprint density at radius 1 is 1.06 bits per heavy atom. The van der Waals surface area contributed by atoms with Crippen molar-refractivity contribution in [3.8, 4) is 0 Å². The summed E-state index contributed by atoms with van der Waals surface area (Å²) in [5, 5.41) is 0.761. The average Bonchev–Trinajstić information content (AvgIpc) is 3.49. The lowest BCUT2D eigenvalue weighted by Crippen LogP contribution is -2.44. The fraction of sp³-hybridized carbons (Fsp3) is 0.478. The monoisotopic (exact) mass is 453 g/mol. The quantitative estimate of drug-likeness (QED) is 0.592. The molecule has 0 atom stereocenters. The highest BCUT2D eigenvalue weighted by molar-refractivity contribution is 7.22. The second-order valence-electron chi connectivity index (χ2n) is 8.50. The van der Waals surface area contributed by atoms with Crippen LogP contribution in [-0.4, -0.2) is 44.6 Å². The molecule has 1 saturated heterocycles. The molecule has 1 aromatic carbocycles. The molecule has 0 bridgehead atoms. The van der Waals surface area contributed by atoms with E-state index in [9.17, 15) is 14.4 Å². The maximum atomic E-state index is 13.2. The van der Waals surface area contributed by atoms with Gasteiger partial charge in [0.1, 0.15) is 11.2 Å². The van der Waals surface area contributed by atoms with Crippen LogP contribution in [0, 0.1) is 0 Å². The highest BCUT2D eigenvalue weighted by Gasteiger charge is 2.25. The topological polar surface area (TPSA) is 80.4 Å². The van der Waals surface area contributed by atoms with Gasteiger partial charge >= 0.3 is 5.69 Å². The van der Waals surface area contributed by atoms with Crippen molar-refractivity contribution in [2.24, 2.45) is 0 Å². The number of hydrogen-bond acceptors (Lipinski definition) is 6. The molecule has 0 radical (unpaired) electrons. The van der Waals surface area contributed by atoms with Crippen LogP contribution in [-0.2, 0) is 30.8 Å². The second kappa shape index (κ2) is 8.54. The van der Waals surface area contributed by atoms with E-state index in [-0.39, 0.29) is 18.0 Å². The SMILES string of the molecule is CCCn1c(=O)c2sc(N3CCCC3)nc2n(CC(=O)N2CCc3ccccc3C2)c1=O. The first-order valence-corrected chi connectivity index (χ1v) is 12.1. The van der Waals surface area contributed by atoms with Gasteiger partial charge in [0.2, 0.25) is 5.91 Å². The number of amides is 1. The molecular formula is C23H27N5O3S. The predicted octanol–water partition coefficient (Wildman–Crippen LogP) is 2.21. The van der Waals surface area contributed by atoms with Crippen LogP contribution in [0.4, 0.5) is 5.13 Å². The molecule has 1 fully saturated rings. The van der Waals surface area contributed by atoms with Crippen LogP contribution in [0.1, 0.15) is 37.3 Å². The molecule has 3 aromatic rings. The van der Waals surface area contributed by atoms with Crippen LogP contribution in [0.3, 0.4) is 0 Å². The van der Waals surface area contributed by atoms with Crippen LogP contribution < -0.4 is 16.1 Å². The third-order valence-corrected chi connectivity index (χ3v) is 7.45. The number of hydrogen-bond donors (Lipinski definition) is 0. The number of carbonyl (C=O) groups excluding carboxylic acids is 1. The number of aromatic nitrogens is 3. The van der Waals surface area contributed by atoms with Crippen LogP contribution in [0.15, 0.2) is 33.9 Å². The molecule has 0 N–H and O–H groups in total. The fourth-order valence-corrected chi connectivity index (χ4v) is 5.69. The number of thiazole rings is 1. The van der Waals surface area contributed by atoms with Gasteiger partial charge in [0.25, 0.3) is 5.56 Å². The van der Waals surface area contributed by atoms with Crippen LogP contribution in [0.2, 0.25) is 0 Å². The highest BCUT2D eigenvalue weighted by atomic mass is 32.1. The lowest BCUT2D eigenvalue weighted by Gasteiger charge is -2.29. The molecule has 0 aliphatic carbocycles. The third-order valence-electron chi connectivity index (χ3n) is 6.36. The predicted molar refractivity (Wildman–Crippen MR) is 125 cm³/mol. The van der Waals surface area contributed by atoms with Gasteiger partial charge in [-0.3, -0.25) is 18.7 Å². The molecule has 2 aliphatic heterocycles. The number of nitrogens with zero attached hydrogens (tertiary/aromatic N) is 5. The molecule has 168 valence electrons. The van der Waals surface area contributed by atoms with Gasteiger partial charge in [-0.05, 0) is 36.8 Å². The van der Waals surface area contributed by atoms with Crippen LogP contribution >= 0.6 is 11.3 Å². The van der Waals surface area contributed by atoms with Crippen LogP contribution in [0.5, 0.6) is 0 Å². The maximum Gasteiger partial charge on any atom is 0.333 e. The molecule has 5 rings (SSSR count). The van der Waals surface area contributed by atoms with Gasteiger partial charge < -0.3 is 9.80 Å². The first-order valence-electron chi connectivity index (χ1n) is 11.3. The number of carbonyl (C=O) groups is 1. The van der Waals surface area contributed by atoms with Gasteiger partial charge in [0, 0.05) is 32.7 Å². The Morgan fingerprint density at radius 2 is 1.81 bits per heavy atom. The first kappa shape index (κ1) is 20.9. The molecule has 8 nitrogen and oxygen atoms in total. The Kier molecular flexibility index (Phi) is 5.58. The Bertz CT molecular complexity index is 1290. The van der Waals surface area contributed by atoms with Gasteiger partial charge in [-0.15, -0.1) is 0 Å². The molecular weight excluding hydrogens is 426 g/mol.